The van der Waals surface area contributed by atoms with Gasteiger partial charge in [-0.3, -0.25) is 11.3 Å². The highest BCUT2D eigenvalue weighted by Crippen LogP contribution is 2.23. The van der Waals surface area contributed by atoms with Crippen LogP contribution in [-0.2, 0) is 12.8 Å². The van der Waals surface area contributed by atoms with Crippen molar-refractivity contribution in [2.75, 3.05) is 0 Å². The lowest BCUT2D eigenvalue weighted by atomic mass is 10.0. The Bertz CT molecular complexity index is 559. The largest absolute Gasteiger partial charge is 0.271 e. The number of thiophene rings is 1. The van der Waals surface area contributed by atoms with Gasteiger partial charge in [0.15, 0.2) is 0 Å². The summed E-state index contributed by atoms with van der Waals surface area (Å²) in [6, 6.07) is 7.16. The van der Waals surface area contributed by atoms with E-state index in [-0.39, 0.29) is 6.04 Å². The van der Waals surface area contributed by atoms with Crippen LogP contribution in [0.1, 0.15) is 10.4 Å². The van der Waals surface area contributed by atoms with E-state index < -0.39 is 11.6 Å². The first-order valence-electron chi connectivity index (χ1n) is 5.72. The molecular formula is C13H13ClF2N2S. The maximum atomic E-state index is 13.6. The second-order valence-electron chi connectivity index (χ2n) is 4.21. The fourth-order valence-corrected chi connectivity index (χ4v) is 3.01. The topological polar surface area (TPSA) is 38.0 Å². The number of hydrogen-bond acceptors (Lipinski definition) is 3. The van der Waals surface area contributed by atoms with E-state index in [1.807, 2.05) is 12.1 Å². The lowest BCUT2D eigenvalue weighted by molar-refractivity contribution is 0.504. The van der Waals surface area contributed by atoms with E-state index in [9.17, 15) is 8.78 Å². The average Bonchev–Trinajstić information content (AvgIpc) is 2.77. The van der Waals surface area contributed by atoms with Gasteiger partial charge in [0, 0.05) is 17.0 Å². The molecule has 3 N–H and O–H groups in total. The van der Waals surface area contributed by atoms with Gasteiger partial charge in [0.25, 0.3) is 0 Å². The predicted octanol–water partition coefficient (Wildman–Crippen LogP) is 3.30. The van der Waals surface area contributed by atoms with E-state index in [1.54, 1.807) is 0 Å². The quantitative estimate of drug-likeness (QED) is 0.657. The van der Waals surface area contributed by atoms with Gasteiger partial charge >= 0.3 is 0 Å². The number of nitrogens with two attached hydrogens (primary N) is 1. The van der Waals surface area contributed by atoms with Crippen LogP contribution < -0.4 is 11.3 Å². The molecule has 1 atom stereocenters. The predicted molar refractivity (Wildman–Crippen MR) is 74.2 cm³/mol. The summed E-state index contributed by atoms with van der Waals surface area (Å²) in [5.74, 6) is 4.35. The minimum atomic E-state index is -0.580. The van der Waals surface area contributed by atoms with Crippen molar-refractivity contribution < 1.29 is 8.78 Å². The zero-order chi connectivity index (χ0) is 13.8. The van der Waals surface area contributed by atoms with Crippen LogP contribution in [-0.4, -0.2) is 6.04 Å². The fourth-order valence-electron chi connectivity index (χ4n) is 1.85. The molecule has 102 valence electrons. The molecule has 1 aromatic carbocycles. The van der Waals surface area contributed by atoms with Crippen LogP contribution in [0.15, 0.2) is 30.3 Å². The van der Waals surface area contributed by atoms with Gasteiger partial charge in [-0.1, -0.05) is 17.7 Å². The summed E-state index contributed by atoms with van der Waals surface area (Å²) >= 11 is 7.32. The zero-order valence-corrected chi connectivity index (χ0v) is 11.6. The molecule has 0 amide bonds. The van der Waals surface area contributed by atoms with Gasteiger partial charge in [0.05, 0.1) is 4.34 Å². The third-order valence-electron chi connectivity index (χ3n) is 2.79. The molecule has 0 aliphatic rings. The van der Waals surface area contributed by atoms with Gasteiger partial charge < -0.3 is 0 Å². The van der Waals surface area contributed by atoms with Crippen molar-refractivity contribution in [3.63, 3.8) is 0 Å². The van der Waals surface area contributed by atoms with Gasteiger partial charge in [0.1, 0.15) is 11.6 Å². The molecular weight excluding hydrogens is 290 g/mol. The highest BCUT2D eigenvalue weighted by atomic mass is 35.5. The first-order chi connectivity index (χ1) is 9.08. The van der Waals surface area contributed by atoms with Gasteiger partial charge in [-0.15, -0.1) is 11.3 Å². The van der Waals surface area contributed by atoms with E-state index in [0.29, 0.717) is 22.7 Å². The molecule has 0 saturated carbocycles. The Kier molecular flexibility index (Phi) is 4.87. The van der Waals surface area contributed by atoms with E-state index in [2.05, 4.69) is 5.43 Å². The van der Waals surface area contributed by atoms with Crippen LogP contribution in [0.25, 0.3) is 0 Å². The molecule has 2 nitrogen and oxygen atoms in total. The number of halogens is 3. The van der Waals surface area contributed by atoms with Crippen molar-refractivity contribution in [1.82, 2.24) is 5.43 Å². The Balaban J connectivity index is 2.06. The first-order valence-corrected chi connectivity index (χ1v) is 6.92. The first kappa shape index (κ1) is 14.4. The van der Waals surface area contributed by atoms with Crippen LogP contribution in [0, 0.1) is 11.6 Å². The number of benzene rings is 1. The SMILES string of the molecule is NNC(Cc1ccc(Cl)s1)Cc1ccc(F)cc1F. The highest BCUT2D eigenvalue weighted by molar-refractivity contribution is 7.16. The van der Waals surface area contributed by atoms with E-state index >= 15 is 0 Å². The fraction of sp³-hybridized carbons (Fsp3) is 0.231. The molecule has 6 heteroatoms. The van der Waals surface area contributed by atoms with Crippen LogP contribution in [0.3, 0.4) is 0 Å². The normalized spacial score (nSPS) is 12.6. The average molecular weight is 303 g/mol. The lowest BCUT2D eigenvalue weighted by Gasteiger charge is -2.15. The van der Waals surface area contributed by atoms with Crippen molar-refractivity contribution >= 4 is 22.9 Å². The summed E-state index contributed by atoms with van der Waals surface area (Å²) in [4.78, 5) is 1.07. The van der Waals surface area contributed by atoms with Crippen LogP contribution in [0.2, 0.25) is 4.34 Å². The molecule has 2 aromatic rings. The van der Waals surface area contributed by atoms with Crippen molar-refractivity contribution in [2.45, 2.75) is 18.9 Å². The van der Waals surface area contributed by atoms with E-state index in [0.717, 1.165) is 10.9 Å². The van der Waals surface area contributed by atoms with Crippen molar-refractivity contribution in [3.8, 4) is 0 Å². The Labute approximate surface area is 119 Å². The molecule has 0 aliphatic carbocycles. The van der Waals surface area contributed by atoms with E-state index in [1.165, 1.54) is 23.5 Å². The van der Waals surface area contributed by atoms with Crippen molar-refractivity contribution in [1.29, 1.82) is 0 Å². The monoisotopic (exact) mass is 302 g/mol. The molecule has 19 heavy (non-hydrogen) atoms. The molecule has 0 aliphatic heterocycles. The van der Waals surface area contributed by atoms with Crippen LogP contribution in [0.5, 0.6) is 0 Å². The van der Waals surface area contributed by atoms with Crippen LogP contribution >= 0.6 is 22.9 Å². The number of hydrogen-bond donors (Lipinski definition) is 2. The second-order valence-corrected chi connectivity index (χ2v) is 6.01. The summed E-state index contributed by atoms with van der Waals surface area (Å²) in [5, 5.41) is 0. The maximum absolute atomic E-state index is 13.6. The molecule has 1 heterocycles. The smallest absolute Gasteiger partial charge is 0.129 e. The third kappa shape index (κ3) is 3.98. The van der Waals surface area contributed by atoms with Gasteiger partial charge in [-0.25, -0.2) is 8.78 Å². The van der Waals surface area contributed by atoms with E-state index in [4.69, 9.17) is 17.4 Å². The molecule has 0 fully saturated rings. The Morgan fingerprint density at radius 2 is 2.00 bits per heavy atom. The second kappa shape index (κ2) is 6.43. The Morgan fingerprint density at radius 3 is 2.58 bits per heavy atom. The molecule has 1 aromatic heterocycles. The highest BCUT2D eigenvalue weighted by Gasteiger charge is 2.13. The Hall–Kier alpha value is -1.01. The number of hydrazine groups is 1. The molecule has 1 unspecified atom stereocenters. The van der Waals surface area contributed by atoms with Crippen molar-refractivity contribution in [3.05, 3.63) is 56.7 Å². The molecule has 0 bridgehead atoms. The van der Waals surface area contributed by atoms with Gasteiger partial charge in [-0.05, 0) is 36.6 Å². The summed E-state index contributed by atoms with van der Waals surface area (Å²) in [6.45, 7) is 0. The summed E-state index contributed by atoms with van der Waals surface area (Å²) in [7, 11) is 0. The number of rotatable bonds is 5. The summed E-state index contributed by atoms with van der Waals surface area (Å²) in [6.07, 6.45) is 1.03. The lowest BCUT2D eigenvalue weighted by Crippen LogP contribution is -2.38. The van der Waals surface area contributed by atoms with Crippen LogP contribution in [0.4, 0.5) is 8.78 Å². The summed E-state index contributed by atoms with van der Waals surface area (Å²) < 4.78 is 27.1. The number of nitrogens with one attached hydrogen (secondary N) is 1. The third-order valence-corrected chi connectivity index (χ3v) is 4.05. The molecule has 2 rings (SSSR count). The van der Waals surface area contributed by atoms with Crippen molar-refractivity contribution in [2.24, 2.45) is 5.84 Å². The summed E-state index contributed by atoms with van der Waals surface area (Å²) in [5.41, 5.74) is 3.09. The van der Waals surface area contributed by atoms with Gasteiger partial charge in [-0.2, -0.15) is 0 Å². The Morgan fingerprint density at radius 1 is 1.21 bits per heavy atom. The minimum absolute atomic E-state index is 0.130. The molecule has 0 saturated heterocycles. The van der Waals surface area contributed by atoms with Gasteiger partial charge in [0.2, 0.25) is 0 Å². The standard InChI is InChI=1S/C13H13ClF2N2S/c14-13-4-3-11(19-13)7-10(18-17)5-8-1-2-9(15)6-12(8)16/h1-4,6,10,18H,5,7,17H2. The zero-order valence-electron chi connectivity index (χ0n) is 10.00. The maximum Gasteiger partial charge on any atom is 0.129 e. The molecule has 0 spiro atoms. The minimum Gasteiger partial charge on any atom is -0.271 e. The molecule has 0 radical (unpaired) electrons.